The molecule has 0 saturated heterocycles. The monoisotopic (exact) mass is 227 g/mol. The summed E-state index contributed by atoms with van der Waals surface area (Å²) in [7, 11) is 0. The van der Waals surface area contributed by atoms with E-state index in [9.17, 15) is 4.79 Å². The van der Waals surface area contributed by atoms with E-state index < -0.39 is 18.5 Å². The van der Waals surface area contributed by atoms with Crippen molar-refractivity contribution in [3.63, 3.8) is 0 Å². The molecule has 78 valence electrons. The molecular weight excluding hydrogens is 213 g/mol. The van der Waals surface area contributed by atoms with Gasteiger partial charge >= 0.3 is 5.97 Å². The van der Waals surface area contributed by atoms with Gasteiger partial charge in [-0.15, -0.1) is 0 Å². The van der Waals surface area contributed by atoms with Crippen molar-refractivity contribution >= 4 is 24.3 Å². The Balaban J connectivity index is 3.47. The molecule has 0 heterocycles. The van der Waals surface area contributed by atoms with Gasteiger partial charge in [-0.25, -0.2) is 0 Å². The molecule has 0 aromatic heterocycles. The van der Waals surface area contributed by atoms with Crippen molar-refractivity contribution < 1.29 is 19.7 Å². The normalized spacial score (nSPS) is 14.1. The fourth-order valence-electron chi connectivity index (χ4n) is 0.806. The quantitative estimate of drug-likeness (QED) is 0.372. The molecule has 0 saturated carbocycles. The zero-order chi connectivity index (χ0) is 10.5. The maximum absolute atomic E-state index is 10.3. The van der Waals surface area contributed by atoms with E-state index in [1.54, 1.807) is 0 Å². The first kappa shape index (κ1) is 13.0. The lowest BCUT2D eigenvalue weighted by Gasteiger charge is -2.08. The Morgan fingerprint density at radius 2 is 2.00 bits per heavy atom. The van der Waals surface area contributed by atoms with Crippen LogP contribution in [-0.2, 0) is 16.6 Å². The van der Waals surface area contributed by atoms with Crippen LogP contribution in [0.5, 0.6) is 0 Å². The van der Waals surface area contributed by atoms with Crippen molar-refractivity contribution in [1.82, 2.24) is 0 Å². The lowest BCUT2D eigenvalue weighted by molar-refractivity contribution is -0.138. The number of hydrogen-bond acceptors (Lipinski definition) is 3. The van der Waals surface area contributed by atoms with Gasteiger partial charge in [0.1, 0.15) is 6.04 Å². The minimum atomic E-state index is -3.10. The average Bonchev–Trinajstić information content (AvgIpc) is 1.95. The first-order valence-corrected chi connectivity index (χ1v) is 6.75. The van der Waals surface area contributed by atoms with Crippen LogP contribution in [0.25, 0.3) is 0 Å². The summed E-state index contributed by atoms with van der Waals surface area (Å²) in [5.74, 6) is -1.03. The highest BCUT2D eigenvalue weighted by atomic mass is 32.5. The fourth-order valence-corrected chi connectivity index (χ4v) is 1.83. The van der Waals surface area contributed by atoms with Crippen LogP contribution in [0.15, 0.2) is 0 Å². The van der Waals surface area contributed by atoms with Crippen LogP contribution in [0.1, 0.15) is 19.3 Å². The van der Waals surface area contributed by atoms with Crippen LogP contribution >= 0.6 is 6.49 Å². The van der Waals surface area contributed by atoms with Gasteiger partial charge in [0, 0.05) is 6.16 Å². The van der Waals surface area contributed by atoms with E-state index in [2.05, 4.69) is 11.8 Å². The van der Waals surface area contributed by atoms with Crippen LogP contribution in [0.4, 0.5) is 0 Å². The predicted molar refractivity (Wildman–Crippen MR) is 53.1 cm³/mol. The Kier molecular flexibility index (Phi) is 5.67. The number of carbonyl (C=O) groups is 1. The van der Waals surface area contributed by atoms with Gasteiger partial charge in [-0.1, -0.05) is 6.42 Å². The molecule has 0 bridgehead atoms. The number of unbranched alkanes of at least 4 members (excludes halogenated alkanes) is 1. The van der Waals surface area contributed by atoms with E-state index >= 15 is 0 Å². The third-order valence-corrected chi connectivity index (χ3v) is 2.98. The van der Waals surface area contributed by atoms with Crippen molar-refractivity contribution in [3.8, 4) is 0 Å². The molecule has 0 aliphatic carbocycles. The van der Waals surface area contributed by atoms with Gasteiger partial charge in [-0.05, 0) is 24.6 Å². The number of carboxylic acids is 1. The molecule has 7 heteroatoms. The Morgan fingerprint density at radius 3 is 2.38 bits per heavy atom. The Hall–Kier alpha value is 0. The van der Waals surface area contributed by atoms with Crippen LogP contribution in [-0.4, -0.2) is 33.1 Å². The molecule has 0 aromatic rings. The molecule has 0 aromatic carbocycles. The minimum Gasteiger partial charge on any atom is -0.480 e. The highest BCUT2D eigenvalue weighted by Crippen LogP contribution is 2.35. The van der Waals surface area contributed by atoms with Gasteiger partial charge in [0.05, 0.1) is 0 Å². The summed E-state index contributed by atoms with van der Waals surface area (Å²) in [6.45, 7) is -3.10. The lowest BCUT2D eigenvalue weighted by atomic mass is 10.1. The van der Waals surface area contributed by atoms with E-state index in [-0.39, 0.29) is 6.16 Å². The Morgan fingerprint density at radius 1 is 1.46 bits per heavy atom. The largest absolute Gasteiger partial charge is 0.480 e. The third kappa shape index (κ3) is 8.33. The summed E-state index contributed by atoms with van der Waals surface area (Å²) in [6.07, 6.45) is 1.55. The highest BCUT2D eigenvalue weighted by molar-refractivity contribution is 8.09. The van der Waals surface area contributed by atoms with E-state index in [1.165, 1.54) is 0 Å². The molecule has 5 nitrogen and oxygen atoms in total. The molecule has 0 unspecified atom stereocenters. The Bertz CT molecular complexity index is 217. The van der Waals surface area contributed by atoms with E-state index in [4.69, 9.17) is 20.6 Å². The van der Waals surface area contributed by atoms with Gasteiger partial charge in [0.2, 0.25) is 0 Å². The zero-order valence-electron chi connectivity index (χ0n) is 7.09. The van der Waals surface area contributed by atoms with Crippen LogP contribution in [0.3, 0.4) is 0 Å². The van der Waals surface area contributed by atoms with Gasteiger partial charge in [-0.3, -0.25) is 4.79 Å². The molecule has 0 aliphatic heterocycles. The predicted octanol–water partition coefficient (Wildman–Crippen LogP) is -0.137. The average molecular weight is 227 g/mol. The molecular formula is C6H14NO4PS. The fraction of sp³-hybridized carbons (Fsp3) is 0.833. The van der Waals surface area contributed by atoms with Crippen molar-refractivity contribution in [2.75, 3.05) is 6.16 Å². The first-order chi connectivity index (χ1) is 5.83. The summed E-state index contributed by atoms with van der Waals surface area (Å²) in [5.41, 5.74) is 5.22. The number of carboxylic acid groups (broad SMARTS) is 1. The summed E-state index contributed by atoms with van der Waals surface area (Å²) in [5, 5.41) is 8.40. The summed E-state index contributed by atoms with van der Waals surface area (Å²) in [4.78, 5) is 27.9. The van der Waals surface area contributed by atoms with E-state index in [0.717, 1.165) is 0 Å². The summed E-state index contributed by atoms with van der Waals surface area (Å²) in [6, 6.07) is -0.866. The molecule has 0 amide bonds. The van der Waals surface area contributed by atoms with Crippen LogP contribution < -0.4 is 5.73 Å². The maximum Gasteiger partial charge on any atom is 0.320 e. The second-order valence-corrected chi connectivity index (χ2v) is 6.36. The van der Waals surface area contributed by atoms with Crippen molar-refractivity contribution in [2.45, 2.75) is 25.3 Å². The number of hydrogen-bond donors (Lipinski definition) is 4. The van der Waals surface area contributed by atoms with Crippen molar-refractivity contribution in [2.24, 2.45) is 5.73 Å². The summed E-state index contributed by atoms with van der Waals surface area (Å²) >= 11 is 4.39. The smallest absolute Gasteiger partial charge is 0.320 e. The van der Waals surface area contributed by atoms with E-state index in [1.807, 2.05) is 0 Å². The van der Waals surface area contributed by atoms with Crippen molar-refractivity contribution in [1.29, 1.82) is 0 Å². The van der Waals surface area contributed by atoms with Crippen LogP contribution in [0.2, 0.25) is 0 Å². The van der Waals surface area contributed by atoms with Crippen LogP contribution in [0, 0.1) is 0 Å². The zero-order valence-corrected chi connectivity index (χ0v) is 8.80. The highest BCUT2D eigenvalue weighted by Gasteiger charge is 2.12. The second-order valence-electron chi connectivity index (χ2n) is 2.83. The molecule has 0 radical (unpaired) electrons. The number of nitrogens with two attached hydrogens (primary N) is 1. The van der Waals surface area contributed by atoms with E-state index in [0.29, 0.717) is 19.3 Å². The number of rotatable bonds is 6. The van der Waals surface area contributed by atoms with Gasteiger partial charge in [0.25, 0.3) is 0 Å². The minimum absolute atomic E-state index is 0.161. The molecule has 0 aliphatic rings. The topological polar surface area (TPSA) is 104 Å². The molecule has 0 spiro atoms. The lowest BCUT2D eigenvalue weighted by Crippen LogP contribution is -2.29. The molecule has 5 N–H and O–H groups in total. The maximum atomic E-state index is 10.3. The standard InChI is InChI=1S/C6H14NO4PS/c7-5(6(8)9)3-1-2-4-12(10,11)13/h5H,1-4,7H2,(H,8,9)(H2,10,11,13)/t5-/m0/s1. The molecule has 13 heavy (non-hydrogen) atoms. The van der Waals surface area contributed by atoms with Crippen molar-refractivity contribution in [3.05, 3.63) is 0 Å². The molecule has 1 atom stereocenters. The molecule has 0 fully saturated rings. The van der Waals surface area contributed by atoms with Gasteiger partial charge < -0.3 is 20.6 Å². The third-order valence-electron chi connectivity index (χ3n) is 1.53. The second kappa shape index (κ2) is 5.67. The van der Waals surface area contributed by atoms with Gasteiger partial charge in [-0.2, -0.15) is 0 Å². The SMILES string of the molecule is N[C@@H](CCCCP(O)(O)=S)C(=O)O. The summed E-state index contributed by atoms with van der Waals surface area (Å²) < 4.78 is 0. The Labute approximate surface area is 81.7 Å². The number of aliphatic carboxylic acids is 1. The van der Waals surface area contributed by atoms with Gasteiger partial charge in [0.15, 0.2) is 6.49 Å². The molecule has 0 rings (SSSR count). The first-order valence-electron chi connectivity index (χ1n) is 3.86.